The van der Waals surface area contributed by atoms with Crippen LogP contribution in [0.2, 0.25) is 0 Å². The van der Waals surface area contributed by atoms with E-state index in [-0.39, 0.29) is 12.1 Å². The zero-order valence-corrected chi connectivity index (χ0v) is 13.7. The van der Waals surface area contributed by atoms with Crippen molar-refractivity contribution in [2.75, 3.05) is 33.8 Å². The van der Waals surface area contributed by atoms with Crippen molar-refractivity contribution in [2.24, 2.45) is 17.8 Å². The topological polar surface area (TPSA) is 35.5 Å². The fourth-order valence-corrected chi connectivity index (χ4v) is 4.53. The standard InChI is InChI=1S/C17H34N2O/c1-4-17(13-20,18-2)8-5-9-19(3)12-16-11-14-6-7-15(16)10-14/h14-16,18,20H,4-13H2,1-3H3. The molecule has 2 bridgehead atoms. The quantitative estimate of drug-likeness (QED) is 0.682. The van der Waals surface area contributed by atoms with Gasteiger partial charge in [-0.15, -0.1) is 0 Å². The molecule has 3 nitrogen and oxygen atoms in total. The first kappa shape index (κ1) is 16.3. The second kappa shape index (κ2) is 7.24. The summed E-state index contributed by atoms with van der Waals surface area (Å²) in [5.41, 5.74) is -0.0622. The molecule has 0 spiro atoms. The highest BCUT2D eigenvalue weighted by Crippen LogP contribution is 2.48. The summed E-state index contributed by atoms with van der Waals surface area (Å²) in [5, 5.41) is 12.9. The number of aliphatic hydroxyl groups excluding tert-OH is 1. The predicted molar refractivity (Wildman–Crippen MR) is 84.8 cm³/mol. The van der Waals surface area contributed by atoms with Gasteiger partial charge in [0.15, 0.2) is 0 Å². The van der Waals surface area contributed by atoms with E-state index in [1.165, 1.54) is 38.6 Å². The Balaban J connectivity index is 1.66. The number of aliphatic hydroxyl groups is 1. The van der Waals surface area contributed by atoms with Crippen molar-refractivity contribution >= 4 is 0 Å². The normalized spacial score (nSPS) is 31.9. The molecule has 0 aromatic heterocycles. The lowest BCUT2D eigenvalue weighted by Crippen LogP contribution is -2.46. The van der Waals surface area contributed by atoms with Crippen LogP contribution in [-0.4, -0.2) is 49.3 Å². The lowest BCUT2D eigenvalue weighted by atomic mass is 9.88. The molecular formula is C17H34N2O. The zero-order chi connectivity index (χ0) is 14.6. The highest BCUT2D eigenvalue weighted by atomic mass is 16.3. The summed E-state index contributed by atoms with van der Waals surface area (Å²) in [6.45, 7) is 4.86. The lowest BCUT2D eigenvalue weighted by molar-refractivity contribution is 0.144. The zero-order valence-electron chi connectivity index (χ0n) is 13.7. The largest absolute Gasteiger partial charge is 0.394 e. The van der Waals surface area contributed by atoms with E-state index in [0.29, 0.717) is 0 Å². The fourth-order valence-electron chi connectivity index (χ4n) is 4.53. The molecule has 118 valence electrons. The van der Waals surface area contributed by atoms with E-state index in [9.17, 15) is 5.11 Å². The summed E-state index contributed by atoms with van der Waals surface area (Å²) in [6.07, 6.45) is 9.23. The van der Waals surface area contributed by atoms with Crippen LogP contribution in [-0.2, 0) is 0 Å². The van der Waals surface area contributed by atoms with Gasteiger partial charge in [0.25, 0.3) is 0 Å². The SMILES string of the molecule is CCC(CO)(CCCN(C)CC1CC2CCC1C2)NC. The minimum Gasteiger partial charge on any atom is -0.394 e. The van der Waals surface area contributed by atoms with Crippen molar-refractivity contribution in [3.63, 3.8) is 0 Å². The van der Waals surface area contributed by atoms with Crippen LogP contribution in [0.15, 0.2) is 0 Å². The van der Waals surface area contributed by atoms with Gasteiger partial charge in [0.1, 0.15) is 0 Å². The Kier molecular flexibility index (Phi) is 5.88. The van der Waals surface area contributed by atoms with Gasteiger partial charge in [-0.1, -0.05) is 13.3 Å². The highest BCUT2D eigenvalue weighted by molar-refractivity contribution is 4.91. The number of nitrogens with one attached hydrogen (secondary N) is 1. The molecule has 0 saturated heterocycles. The molecule has 2 fully saturated rings. The molecule has 2 N–H and O–H groups in total. The number of hydrogen-bond acceptors (Lipinski definition) is 3. The molecular weight excluding hydrogens is 248 g/mol. The highest BCUT2D eigenvalue weighted by Gasteiger charge is 2.39. The van der Waals surface area contributed by atoms with Crippen molar-refractivity contribution in [3.05, 3.63) is 0 Å². The molecule has 0 heterocycles. The molecule has 20 heavy (non-hydrogen) atoms. The van der Waals surface area contributed by atoms with Crippen LogP contribution in [0, 0.1) is 17.8 Å². The molecule has 4 unspecified atom stereocenters. The van der Waals surface area contributed by atoms with Crippen LogP contribution in [0.4, 0.5) is 0 Å². The van der Waals surface area contributed by atoms with Gasteiger partial charge in [-0.05, 0) is 76.9 Å². The Morgan fingerprint density at radius 2 is 2.10 bits per heavy atom. The van der Waals surface area contributed by atoms with Crippen LogP contribution in [0.1, 0.15) is 51.9 Å². The van der Waals surface area contributed by atoms with E-state index in [1.54, 1.807) is 0 Å². The monoisotopic (exact) mass is 282 g/mol. The maximum absolute atomic E-state index is 9.57. The van der Waals surface area contributed by atoms with Crippen molar-refractivity contribution in [1.82, 2.24) is 10.2 Å². The predicted octanol–water partition coefficient (Wildman–Crippen LogP) is 2.50. The molecule has 0 aromatic carbocycles. The Morgan fingerprint density at radius 1 is 1.30 bits per heavy atom. The van der Waals surface area contributed by atoms with Crippen LogP contribution in [0.25, 0.3) is 0 Å². The molecule has 4 atom stereocenters. The summed E-state index contributed by atoms with van der Waals surface area (Å²) < 4.78 is 0. The Bertz CT molecular complexity index is 282. The fraction of sp³-hybridized carbons (Fsp3) is 1.00. The third kappa shape index (κ3) is 3.75. The van der Waals surface area contributed by atoms with Crippen molar-refractivity contribution in [3.8, 4) is 0 Å². The maximum atomic E-state index is 9.57. The average Bonchev–Trinajstić information content (AvgIpc) is 3.06. The molecule has 2 aliphatic rings. The molecule has 2 rings (SSSR count). The lowest BCUT2D eigenvalue weighted by Gasteiger charge is -2.32. The number of rotatable bonds is 9. The van der Waals surface area contributed by atoms with Crippen molar-refractivity contribution in [1.29, 1.82) is 0 Å². The Hall–Kier alpha value is -0.120. The molecule has 0 aromatic rings. The molecule has 3 heteroatoms. The first-order chi connectivity index (χ1) is 9.62. The van der Waals surface area contributed by atoms with Gasteiger partial charge in [0.05, 0.1) is 6.61 Å². The second-order valence-electron chi connectivity index (χ2n) is 7.34. The molecule has 0 radical (unpaired) electrons. The van der Waals surface area contributed by atoms with E-state index in [1.807, 2.05) is 7.05 Å². The van der Waals surface area contributed by atoms with E-state index < -0.39 is 0 Å². The smallest absolute Gasteiger partial charge is 0.0613 e. The van der Waals surface area contributed by atoms with Crippen LogP contribution >= 0.6 is 0 Å². The van der Waals surface area contributed by atoms with Gasteiger partial charge in [-0.25, -0.2) is 0 Å². The van der Waals surface area contributed by atoms with Gasteiger partial charge in [-0.2, -0.15) is 0 Å². The maximum Gasteiger partial charge on any atom is 0.0613 e. The second-order valence-corrected chi connectivity index (χ2v) is 7.34. The van der Waals surface area contributed by atoms with Gasteiger partial charge >= 0.3 is 0 Å². The number of hydrogen-bond donors (Lipinski definition) is 2. The average molecular weight is 282 g/mol. The minimum absolute atomic E-state index is 0.0622. The number of fused-ring (bicyclic) bond motifs is 2. The molecule has 0 amide bonds. The van der Waals surface area contributed by atoms with Crippen LogP contribution < -0.4 is 5.32 Å². The van der Waals surface area contributed by atoms with E-state index in [2.05, 4.69) is 24.2 Å². The molecule has 2 aliphatic carbocycles. The summed E-state index contributed by atoms with van der Waals surface area (Å²) in [6, 6.07) is 0. The van der Waals surface area contributed by atoms with Crippen LogP contribution in [0.3, 0.4) is 0 Å². The van der Waals surface area contributed by atoms with E-state index in [0.717, 1.165) is 37.1 Å². The van der Waals surface area contributed by atoms with Crippen molar-refractivity contribution in [2.45, 2.75) is 57.4 Å². The molecule has 0 aliphatic heterocycles. The first-order valence-electron chi connectivity index (χ1n) is 8.60. The minimum atomic E-state index is -0.0622. The third-order valence-electron chi connectivity index (χ3n) is 6.14. The first-order valence-corrected chi connectivity index (χ1v) is 8.60. The summed E-state index contributed by atoms with van der Waals surface area (Å²) in [5.74, 6) is 3.06. The number of nitrogens with zero attached hydrogens (tertiary/aromatic N) is 1. The molecule has 2 saturated carbocycles. The summed E-state index contributed by atoms with van der Waals surface area (Å²) in [4.78, 5) is 2.53. The van der Waals surface area contributed by atoms with Crippen molar-refractivity contribution < 1.29 is 5.11 Å². The van der Waals surface area contributed by atoms with E-state index >= 15 is 0 Å². The van der Waals surface area contributed by atoms with Gasteiger partial charge < -0.3 is 15.3 Å². The summed E-state index contributed by atoms with van der Waals surface area (Å²) >= 11 is 0. The van der Waals surface area contributed by atoms with Gasteiger partial charge in [-0.3, -0.25) is 0 Å². The third-order valence-corrected chi connectivity index (χ3v) is 6.14. The number of likely N-dealkylation sites (N-methyl/N-ethyl adjacent to an activating group) is 1. The van der Waals surface area contributed by atoms with E-state index in [4.69, 9.17) is 0 Å². The van der Waals surface area contributed by atoms with Crippen LogP contribution in [0.5, 0.6) is 0 Å². The Labute approximate surface area is 125 Å². The van der Waals surface area contributed by atoms with Gasteiger partial charge in [0.2, 0.25) is 0 Å². The Morgan fingerprint density at radius 3 is 2.60 bits per heavy atom. The van der Waals surface area contributed by atoms with Gasteiger partial charge in [0, 0.05) is 12.1 Å². The summed E-state index contributed by atoms with van der Waals surface area (Å²) in [7, 11) is 4.25.